The van der Waals surface area contributed by atoms with E-state index < -0.39 is 0 Å². The van der Waals surface area contributed by atoms with Crippen LogP contribution in [0.4, 0.5) is 0 Å². The molecule has 1 aliphatic rings. The van der Waals surface area contributed by atoms with Crippen molar-refractivity contribution in [3.8, 4) is 11.5 Å². The van der Waals surface area contributed by atoms with Crippen LogP contribution in [0.1, 0.15) is 18.9 Å². The van der Waals surface area contributed by atoms with E-state index in [2.05, 4.69) is 4.90 Å². The summed E-state index contributed by atoms with van der Waals surface area (Å²) in [6, 6.07) is 5.56. The van der Waals surface area contributed by atoms with E-state index in [0.717, 1.165) is 31.6 Å². The molecule has 4 nitrogen and oxygen atoms in total. The van der Waals surface area contributed by atoms with Crippen molar-refractivity contribution in [2.45, 2.75) is 26.0 Å². The summed E-state index contributed by atoms with van der Waals surface area (Å²) >= 11 is 0. The van der Waals surface area contributed by atoms with Crippen LogP contribution in [0.2, 0.25) is 0 Å². The van der Waals surface area contributed by atoms with Crippen molar-refractivity contribution in [3.05, 3.63) is 23.8 Å². The Morgan fingerprint density at radius 3 is 2.94 bits per heavy atom. The van der Waals surface area contributed by atoms with Gasteiger partial charge in [-0.15, -0.1) is 0 Å². The van der Waals surface area contributed by atoms with Crippen molar-refractivity contribution in [3.63, 3.8) is 0 Å². The fourth-order valence-corrected chi connectivity index (χ4v) is 2.32. The molecule has 1 atom stereocenters. The van der Waals surface area contributed by atoms with E-state index in [1.165, 1.54) is 0 Å². The maximum Gasteiger partial charge on any atom is 0.161 e. The average molecular weight is 251 g/mol. The van der Waals surface area contributed by atoms with Crippen molar-refractivity contribution < 1.29 is 14.6 Å². The minimum atomic E-state index is 0.205. The van der Waals surface area contributed by atoms with Gasteiger partial charge in [0, 0.05) is 26.7 Å². The Kier molecular flexibility index (Phi) is 4.44. The standard InChI is InChI=1S/C14H21NO3/c1-3-18-14-8-11(4-5-13(14)16)9-15-7-6-12(10-15)17-2/h4-5,8,12,16H,3,6-7,9-10H2,1-2H3. The van der Waals surface area contributed by atoms with Crippen LogP contribution >= 0.6 is 0 Å². The van der Waals surface area contributed by atoms with Gasteiger partial charge in [0.2, 0.25) is 0 Å². The fourth-order valence-electron chi connectivity index (χ4n) is 2.32. The molecule has 1 heterocycles. The summed E-state index contributed by atoms with van der Waals surface area (Å²) in [4.78, 5) is 2.36. The third-order valence-electron chi connectivity index (χ3n) is 3.29. The quantitative estimate of drug-likeness (QED) is 0.869. The lowest BCUT2D eigenvalue weighted by Gasteiger charge is -2.16. The molecular weight excluding hydrogens is 230 g/mol. The van der Waals surface area contributed by atoms with Gasteiger partial charge in [0.15, 0.2) is 11.5 Å². The van der Waals surface area contributed by atoms with Crippen LogP contribution in [0.15, 0.2) is 18.2 Å². The number of methoxy groups -OCH3 is 1. The normalized spacial score (nSPS) is 20.2. The molecule has 18 heavy (non-hydrogen) atoms. The van der Waals surface area contributed by atoms with E-state index >= 15 is 0 Å². The van der Waals surface area contributed by atoms with Crippen molar-refractivity contribution >= 4 is 0 Å². The number of benzene rings is 1. The first-order valence-corrected chi connectivity index (χ1v) is 6.42. The maximum atomic E-state index is 9.65. The third kappa shape index (κ3) is 3.15. The van der Waals surface area contributed by atoms with Crippen LogP contribution in [0, 0.1) is 0 Å². The largest absolute Gasteiger partial charge is 0.504 e. The molecule has 1 aromatic rings. The second kappa shape index (κ2) is 6.07. The Hall–Kier alpha value is -1.26. The molecule has 0 radical (unpaired) electrons. The summed E-state index contributed by atoms with van der Waals surface area (Å²) in [5, 5.41) is 9.65. The molecule has 0 spiro atoms. The van der Waals surface area contributed by atoms with Gasteiger partial charge in [0.1, 0.15) is 0 Å². The number of phenols is 1. The highest BCUT2D eigenvalue weighted by Crippen LogP contribution is 2.28. The SMILES string of the molecule is CCOc1cc(CN2CCC(OC)C2)ccc1O. The molecule has 0 aliphatic carbocycles. The number of ether oxygens (including phenoxy) is 2. The number of nitrogens with zero attached hydrogens (tertiary/aromatic N) is 1. The second-order valence-electron chi connectivity index (χ2n) is 4.62. The molecule has 0 saturated carbocycles. The summed E-state index contributed by atoms with van der Waals surface area (Å²) in [6.45, 7) is 5.38. The first-order chi connectivity index (χ1) is 8.72. The van der Waals surface area contributed by atoms with Crippen LogP contribution < -0.4 is 4.74 Å². The molecule has 1 aliphatic heterocycles. The van der Waals surface area contributed by atoms with Gasteiger partial charge in [-0.1, -0.05) is 6.07 Å². The number of hydrogen-bond acceptors (Lipinski definition) is 4. The van der Waals surface area contributed by atoms with E-state index in [9.17, 15) is 5.11 Å². The number of aromatic hydroxyl groups is 1. The molecular formula is C14H21NO3. The first-order valence-electron chi connectivity index (χ1n) is 6.42. The molecule has 0 amide bonds. The molecule has 0 aromatic heterocycles. The summed E-state index contributed by atoms with van der Waals surface area (Å²) in [7, 11) is 1.77. The van der Waals surface area contributed by atoms with Crippen LogP contribution in [-0.4, -0.2) is 42.9 Å². The van der Waals surface area contributed by atoms with E-state index in [0.29, 0.717) is 18.5 Å². The van der Waals surface area contributed by atoms with Gasteiger partial charge in [-0.2, -0.15) is 0 Å². The molecule has 4 heteroatoms. The third-order valence-corrected chi connectivity index (χ3v) is 3.29. The van der Waals surface area contributed by atoms with E-state index in [-0.39, 0.29) is 5.75 Å². The summed E-state index contributed by atoms with van der Waals surface area (Å²) in [5.41, 5.74) is 1.16. The van der Waals surface area contributed by atoms with Crippen molar-refractivity contribution in [2.24, 2.45) is 0 Å². The Bertz CT molecular complexity index is 395. The average Bonchev–Trinajstić information content (AvgIpc) is 2.81. The number of rotatable bonds is 5. The van der Waals surface area contributed by atoms with Crippen molar-refractivity contribution in [1.29, 1.82) is 0 Å². The smallest absolute Gasteiger partial charge is 0.161 e. The van der Waals surface area contributed by atoms with Gasteiger partial charge < -0.3 is 14.6 Å². The topological polar surface area (TPSA) is 41.9 Å². The molecule has 1 saturated heterocycles. The monoisotopic (exact) mass is 251 g/mol. The van der Waals surface area contributed by atoms with Crippen LogP contribution in [-0.2, 0) is 11.3 Å². The number of hydrogen-bond donors (Lipinski definition) is 1. The number of phenolic OH excluding ortho intramolecular Hbond substituents is 1. The predicted octanol–water partition coefficient (Wildman–Crippen LogP) is 2.01. The molecule has 0 bridgehead atoms. The molecule has 1 aromatic carbocycles. The molecule has 1 fully saturated rings. The van der Waals surface area contributed by atoms with E-state index in [1.54, 1.807) is 13.2 Å². The zero-order valence-electron chi connectivity index (χ0n) is 11.1. The maximum absolute atomic E-state index is 9.65. The summed E-state index contributed by atoms with van der Waals surface area (Å²) < 4.78 is 10.7. The van der Waals surface area contributed by atoms with Gasteiger partial charge in [-0.25, -0.2) is 0 Å². The lowest BCUT2D eigenvalue weighted by molar-refractivity contribution is 0.107. The highest BCUT2D eigenvalue weighted by atomic mass is 16.5. The van der Waals surface area contributed by atoms with Crippen molar-refractivity contribution in [2.75, 3.05) is 26.8 Å². The Balaban J connectivity index is 1.99. The zero-order valence-corrected chi connectivity index (χ0v) is 11.1. The first kappa shape index (κ1) is 13.2. The number of likely N-dealkylation sites (tertiary alicyclic amines) is 1. The van der Waals surface area contributed by atoms with E-state index in [4.69, 9.17) is 9.47 Å². The Morgan fingerprint density at radius 2 is 2.28 bits per heavy atom. The minimum Gasteiger partial charge on any atom is -0.504 e. The summed E-state index contributed by atoms with van der Waals surface area (Å²) in [5.74, 6) is 0.772. The second-order valence-corrected chi connectivity index (χ2v) is 4.62. The van der Waals surface area contributed by atoms with Crippen LogP contribution in [0.25, 0.3) is 0 Å². The van der Waals surface area contributed by atoms with Gasteiger partial charge in [0.25, 0.3) is 0 Å². The predicted molar refractivity (Wildman–Crippen MR) is 70.0 cm³/mol. The minimum absolute atomic E-state index is 0.205. The lowest BCUT2D eigenvalue weighted by atomic mass is 10.2. The van der Waals surface area contributed by atoms with Crippen LogP contribution in [0.3, 0.4) is 0 Å². The van der Waals surface area contributed by atoms with E-state index in [1.807, 2.05) is 19.1 Å². The molecule has 2 rings (SSSR count). The Morgan fingerprint density at radius 1 is 1.44 bits per heavy atom. The molecule has 1 unspecified atom stereocenters. The van der Waals surface area contributed by atoms with Gasteiger partial charge >= 0.3 is 0 Å². The van der Waals surface area contributed by atoms with Crippen LogP contribution in [0.5, 0.6) is 11.5 Å². The van der Waals surface area contributed by atoms with Crippen molar-refractivity contribution in [1.82, 2.24) is 4.90 Å². The molecule has 100 valence electrons. The van der Waals surface area contributed by atoms with Gasteiger partial charge in [-0.3, -0.25) is 4.90 Å². The summed E-state index contributed by atoms with van der Waals surface area (Å²) in [6.07, 6.45) is 1.45. The van der Waals surface area contributed by atoms with Gasteiger partial charge in [-0.05, 0) is 31.0 Å². The molecule has 1 N–H and O–H groups in total. The highest BCUT2D eigenvalue weighted by Gasteiger charge is 2.22. The zero-order chi connectivity index (χ0) is 13.0. The highest BCUT2D eigenvalue weighted by molar-refractivity contribution is 5.41. The lowest BCUT2D eigenvalue weighted by Crippen LogP contribution is -2.22. The Labute approximate surface area is 108 Å². The van der Waals surface area contributed by atoms with Gasteiger partial charge in [0.05, 0.1) is 12.7 Å². The fraction of sp³-hybridized carbons (Fsp3) is 0.571.